The second kappa shape index (κ2) is 8.32. The van der Waals surface area contributed by atoms with Gasteiger partial charge in [-0.25, -0.2) is 13.8 Å². The molecule has 0 amide bonds. The Bertz CT molecular complexity index is 546. The molecule has 1 aromatic carbocycles. The zero-order chi connectivity index (χ0) is 14.9. The van der Waals surface area contributed by atoms with Crippen LogP contribution in [0.15, 0.2) is 42.6 Å². The van der Waals surface area contributed by atoms with Crippen LogP contribution in [-0.4, -0.2) is 18.1 Å². The molecule has 0 bridgehead atoms. The van der Waals surface area contributed by atoms with Gasteiger partial charge in [0.2, 0.25) is 0 Å². The summed E-state index contributed by atoms with van der Waals surface area (Å²) in [7, 11) is 0. The Hall–Kier alpha value is -2.01. The number of nitrogens with zero attached hydrogens (tertiary/aromatic N) is 1. The van der Waals surface area contributed by atoms with Gasteiger partial charge in [-0.1, -0.05) is 12.1 Å². The lowest BCUT2D eigenvalue weighted by molar-refractivity contribution is 0.505. The van der Waals surface area contributed by atoms with Crippen LogP contribution in [0.2, 0.25) is 0 Å². The molecule has 0 saturated heterocycles. The summed E-state index contributed by atoms with van der Waals surface area (Å²) in [5.74, 6) is -0.722. The number of anilines is 1. The Morgan fingerprint density at radius 1 is 0.952 bits per heavy atom. The predicted molar refractivity (Wildman–Crippen MR) is 80.0 cm³/mol. The maximum Gasteiger partial charge on any atom is 0.159 e. The first-order valence-corrected chi connectivity index (χ1v) is 7.05. The summed E-state index contributed by atoms with van der Waals surface area (Å²) in [5.41, 5.74) is 0.750. The standard InChI is InChI=1S/C16H19F2N3/c17-14-7-6-13(11-15(14)18)12-19-8-3-4-10-21-16-5-1-2-9-20-16/h1-2,5-7,9,11,19H,3-4,8,10,12H2,(H,20,21). The molecule has 0 aliphatic carbocycles. The van der Waals surface area contributed by atoms with Crippen LogP contribution in [-0.2, 0) is 6.54 Å². The minimum absolute atomic E-state index is 0.546. The summed E-state index contributed by atoms with van der Waals surface area (Å²) in [5, 5.41) is 6.45. The molecular formula is C16H19F2N3. The number of pyridine rings is 1. The van der Waals surface area contributed by atoms with Crippen molar-refractivity contribution in [2.24, 2.45) is 0 Å². The van der Waals surface area contributed by atoms with Gasteiger partial charge in [0.05, 0.1) is 0 Å². The van der Waals surface area contributed by atoms with Crippen molar-refractivity contribution in [2.75, 3.05) is 18.4 Å². The number of benzene rings is 1. The van der Waals surface area contributed by atoms with E-state index in [2.05, 4.69) is 15.6 Å². The van der Waals surface area contributed by atoms with Crippen molar-refractivity contribution in [3.05, 3.63) is 59.8 Å². The van der Waals surface area contributed by atoms with Crippen LogP contribution in [0.25, 0.3) is 0 Å². The van der Waals surface area contributed by atoms with Crippen molar-refractivity contribution in [2.45, 2.75) is 19.4 Å². The van der Waals surface area contributed by atoms with Gasteiger partial charge >= 0.3 is 0 Å². The van der Waals surface area contributed by atoms with Gasteiger partial charge in [-0.15, -0.1) is 0 Å². The van der Waals surface area contributed by atoms with Crippen molar-refractivity contribution < 1.29 is 8.78 Å². The average Bonchev–Trinajstić information content (AvgIpc) is 2.51. The molecule has 1 heterocycles. The number of nitrogens with one attached hydrogen (secondary N) is 2. The SMILES string of the molecule is Fc1ccc(CNCCCCNc2ccccn2)cc1F. The zero-order valence-corrected chi connectivity index (χ0v) is 11.8. The van der Waals surface area contributed by atoms with Gasteiger partial charge in [0, 0.05) is 19.3 Å². The monoisotopic (exact) mass is 291 g/mol. The highest BCUT2D eigenvalue weighted by atomic mass is 19.2. The third kappa shape index (κ3) is 5.47. The van der Waals surface area contributed by atoms with Gasteiger partial charge in [-0.05, 0) is 49.2 Å². The maximum absolute atomic E-state index is 13.0. The topological polar surface area (TPSA) is 37.0 Å². The molecular weight excluding hydrogens is 272 g/mol. The molecule has 21 heavy (non-hydrogen) atoms. The third-order valence-electron chi connectivity index (χ3n) is 3.06. The van der Waals surface area contributed by atoms with E-state index in [0.29, 0.717) is 6.54 Å². The number of halogens is 2. The highest BCUT2D eigenvalue weighted by Crippen LogP contribution is 2.08. The molecule has 0 atom stereocenters. The zero-order valence-electron chi connectivity index (χ0n) is 11.8. The van der Waals surface area contributed by atoms with Gasteiger partial charge in [0.25, 0.3) is 0 Å². The molecule has 112 valence electrons. The summed E-state index contributed by atoms with van der Waals surface area (Å²) in [6, 6.07) is 9.73. The van der Waals surface area contributed by atoms with Crippen LogP contribution < -0.4 is 10.6 Å². The van der Waals surface area contributed by atoms with E-state index >= 15 is 0 Å². The average molecular weight is 291 g/mol. The van der Waals surface area contributed by atoms with E-state index in [9.17, 15) is 8.78 Å². The second-order valence-electron chi connectivity index (χ2n) is 4.77. The first-order chi connectivity index (χ1) is 10.3. The fraction of sp³-hybridized carbons (Fsp3) is 0.312. The van der Waals surface area contributed by atoms with Crippen molar-refractivity contribution in [1.82, 2.24) is 10.3 Å². The third-order valence-corrected chi connectivity index (χ3v) is 3.06. The first kappa shape index (κ1) is 15.4. The largest absolute Gasteiger partial charge is 0.370 e. The van der Waals surface area contributed by atoms with Crippen LogP contribution in [0.3, 0.4) is 0 Å². The molecule has 0 saturated carbocycles. The Morgan fingerprint density at radius 2 is 1.81 bits per heavy atom. The van der Waals surface area contributed by atoms with Crippen LogP contribution in [0.4, 0.5) is 14.6 Å². The molecule has 2 rings (SSSR count). The van der Waals surface area contributed by atoms with Crippen molar-refractivity contribution in [1.29, 1.82) is 0 Å². The lowest BCUT2D eigenvalue weighted by Crippen LogP contribution is -2.16. The number of rotatable bonds is 8. The molecule has 2 aromatic rings. The summed E-state index contributed by atoms with van der Waals surface area (Å²) < 4.78 is 25.8. The van der Waals surface area contributed by atoms with E-state index < -0.39 is 11.6 Å². The highest BCUT2D eigenvalue weighted by molar-refractivity contribution is 5.32. The first-order valence-electron chi connectivity index (χ1n) is 7.05. The molecule has 0 aliphatic heterocycles. The van der Waals surface area contributed by atoms with E-state index in [1.165, 1.54) is 6.07 Å². The Kier molecular flexibility index (Phi) is 6.09. The van der Waals surface area contributed by atoms with Crippen LogP contribution in [0.5, 0.6) is 0 Å². The smallest absolute Gasteiger partial charge is 0.159 e. The van der Waals surface area contributed by atoms with Crippen molar-refractivity contribution in [3.8, 4) is 0 Å². The van der Waals surface area contributed by atoms with Gasteiger partial charge < -0.3 is 10.6 Å². The normalized spacial score (nSPS) is 10.6. The summed E-state index contributed by atoms with van der Waals surface area (Å²) in [4.78, 5) is 4.17. The van der Waals surface area contributed by atoms with Crippen molar-refractivity contribution in [3.63, 3.8) is 0 Å². The Labute approximate surface area is 123 Å². The molecule has 0 unspecified atom stereocenters. The molecule has 0 spiro atoms. The van der Waals surface area contributed by atoms with Crippen LogP contribution >= 0.6 is 0 Å². The maximum atomic E-state index is 13.0. The van der Waals surface area contributed by atoms with Gasteiger partial charge in [0.1, 0.15) is 5.82 Å². The minimum Gasteiger partial charge on any atom is -0.370 e. The summed E-state index contributed by atoms with van der Waals surface area (Å²) in [6.45, 7) is 2.25. The number of unbranched alkanes of at least 4 members (excludes halogenated alkanes) is 1. The Balaban J connectivity index is 1.55. The van der Waals surface area contributed by atoms with Gasteiger partial charge in [-0.2, -0.15) is 0 Å². The number of hydrogen-bond donors (Lipinski definition) is 2. The lowest BCUT2D eigenvalue weighted by atomic mass is 10.2. The lowest BCUT2D eigenvalue weighted by Gasteiger charge is -2.07. The molecule has 5 heteroatoms. The van der Waals surface area contributed by atoms with Crippen molar-refractivity contribution >= 4 is 5.82 Å². The molecule has 3 nitrogen and oxygen atoms in total. The fourth-order valence-corrected chi connectivity index (χ4v) is 1.94. The van der Waals surface area contributed by atoms with E-state index in [1.54, 1.807) is 12.3 Å². The molecule has 1 aromatic heterocycles. The van der Waals surface area contributed by atoms with Crippen LogP contribution in [0.1, 0.15) is 18.4 Å². The molecule has 0 aliphatic rings. The molecule has 2 N–H and O–H groups in total. The second-order valence-corrected chi connectivity index (χ2v) is 4.77. The van der Waals surface area contributed by atoms with Gasteiger partial charge in [-0.3, -0.25) is 0 Å². The number of aromatic nitrogens is 1. The summed E-state index contributed by atoms with van der Waals surface area (Å²) >= 11 is 0. The number of hydrogen-bond acceptors (Lipinski definition) is 3. The fourth-order valence-electron chi connectivity index (χ4n) is 1.94. The van der Waals surface area contributed by atoms with E-state index in [-0.39, 0.29) is 0 Å². The molecule has 0 radical (unpaired) electrons. The van der Waals surface area contributed by atoms with E-state index in [1.807, 2.05) is 18.2 Å². The minimum atomic E-state index is -0.806. The van der Waals surface area contributed by atoms with E-state index in [4.69, 9.17) is 0 Å². The van der Waals surface area contributed by atoms with Crippen LogP contribution in [0, 0.1) is 11.6 Å². The molecule has 0 fully saturated rings. The van der Waals surface area contributed by atoms with Gasteiger partial charge in [0.15, 0.2) is 11.6 Å². The predicted octanol–water partition coefficient (Wildman–Crippen LogP) is 3.34. The quantitative estimate of drug-likeness (QED) is 0.732. The summed E-state index contributed by atoms with van der Waals surface area (Å²) in [6.07, 6.45) is 3.77. The van der Waals surface area contributed by atoms with E-state index in [0.717, 1.165) is 43.4 Å². The Morgan fingerprint density at radius 3 is 2.57 bits per heavy atom. The highest BCUT2D eigenvalue weighted by Gasteiger charge is 2.01.